The number of alkyl carbamates (subject to hydrolysis) is 1. The molecule has 1 atom stereocenters. The Hall–Kier alpha value is -2.33. The van der Waals surface area contributed by atoms with Crippen LogP contribution < -0.4 is 20.1 Å². The molecule has 0 radical (unpaired) electrons. The van der Waals surface area contributed by atoms with Crippen LogP contribution in [0.5, 0.6) is 5.75 Å². The summed E-state index contributed by atoms with van der Waals surface area (Å²) in [5.41, 5.74) is 0. The van der Waals surface area contributed by atoms with E-state index in [1.54, 1.807) is 20.8 Å². The molecule has 0 heterocycles. The molecule has 0 spiro atoms. The zero-order valence-electron chi connectivity index (χ0n) is 15.9. The maximum absolute atomic E-state index is 12.5. The molecule has 0 aliphatic carbocycles. The number of benzene rings is 1. The minimum absolute atomic E-state index is 0.0331. The second-order valence-electron chi connectivity index (χ2n) is 5.96. The number of rotatable bonds is 10. The van der Waals surface area contributed by atoms with Gasteiger partial charge >= 0.3 is 6.09 Å². The summed E-state index contributed by atoms with van der Waals surface area (Å²) in [6, 6.07) is 4.90. The number of amides is 2. The van der Waals surface area contributed by atoms with Gasteiger partial charge < -0.3 is 20.1 Å². The van der Waals surface area contributed by atoms with Crippen molar-refractivity contribution in [2.45, 2.75) is 31.7 Å². The first kappa shape index (κ1) is 22.7. The van der Waals surface area contributed by atoms with Gasteiger partial charge in [-0.15, -0.1) is 0 Å². The van der Waals surface area contributed by atoms with E-state index in [1.807, 2.05) is 0 Å². The molecule has 1 rings (SSSR count). The minimum atomic E-state index is -3.88. The van der Waals surface area contributed by atoms with Gasteiger partial charge in [-0.1, -0.05) is 13.8 Å². The number of hydrogen-bond donors (Lipinski definition) is 3. The molecule has 0 saturated heterocycles. The smallest absolute Gasteiger partial charge is 0.407 e. The van der Waals surface area contributed by atoms with E-state index >= 15 is 0 Å². The summed E-state index contributed by atoms with van der Waals surface area (Å²) < 4.78 is 37.2. The molecule has 9 nitrogen and oxygen atoms in total. The fourth-order valence-electron chi connectivity index (χ4n) is 2.12. The molecular weight excluding hydrogens is 374 g/mol. The third-order valence-corrected chi connectivity index (χ3v) is 5.03. The Balaban J connectivity index is 2.68. The van der Waals surface area contributed by atoms with Crippen LogP contribution in [0.15, 0.2) is 29.2 Å². The molecule has 0 saturated carbocycles. The first-order chi connectivity index (χ1) is 12.7. The molecule has 0 aliphatic heterocycles. The lowest BCUT2D eigenvalue weighted by atomic mass is 10.1. The van der Waals surface area contributed by atoms with Gasteiger partial charge in [0.1, 0.15) is 11.8 Å². The highest BCUT2D eigenvalue weighted by atomic mass is 32.2. The molecule has 0 bridgehead atoms. The van der Waals surface area contributed by atoms with Gasteiger partial charge in [0.2, 0.25) is 15.9 Å². The summed E-state index contributed by atoms with van der Waals surface area (Å²) in [7, 11) is -2.40. The minimum Gasteiger partial charge on any atom is -0.497 e. The first-order valence-corrected chi connectivity index (χ1v) is 10.0. The van der Waals surface area contributed by atoms with Gasteiger partial charge in [-0.2, -0.15) is 4.72 Å². The first-order valence-electron chi connectivity index (χ1n) is 8.56. The highest BCUT2D eigenvalue weighted by Crippen LogP contribution is 2.16. The Morgan fingerprint density at radius 2 is 1.67 bits per heavy atom. The van der Waals surface area contributed by atoms with Crippen molar-refractivity contribution < 1.29 is 27.5 Å². The molecule has 10 heteroatoms. The molecule has 0 aromatic heterocycles. The molecule has 0 aliphatic rings. The van der Waals surface area contributed by atoms with Crippen LogP contribution in [0.4, 0.5) is 4.79 Å². The van der Waals surface area contributed by atoms with Crippen molar-refractivity contribution >= 4 is 22.0 Å². The number of carbonyl (C=O) groups excluding carboxylic acids is 2. The zero-order valence-corrected chi connectivity index (χ0v) is 16.8. The quantitative estimate of drug-likeness (QED) is 0.500. The topological polar surface area (TPSA) is 123 Å². The summed E-state index contributed by atoms with van der Waals surface area (Å²) in [5, 5.41) is 5.06. The molecular formula is C17H27N3O6S. The van der Waals surface area contributed by atoms with Crippen molar-refractivity contribution in [1.82, 2.24) is 15.4 Å². The van der Waals surface area contributed by atoms with Crippen LogP contribution in [0.3, 0.4) is 0 Å². The lowest BCUT2D eigenvalue weighted by molar-refractivity contribution is -0.123. The lowest BCUT2D eigenvalue weighted by Crippen LogP contribution is -2.50. The Kier molecular flexibility index (Phi) is 9.03. The SMILES string of the molecule is CCOC(=O)NCCNC(=O)[C@@H](NS(=O)(=O)c1ccc(OC)cc1)C(C)C. The van der Waals surface area contributed by atoms with E-state index in [0.29, 0.717) is 5.75 Å². The summed E-state index contributed by atoms with van der Waals surface area (Å²) in [4.78, 5) is 23.6. The van der Waals surface area contributed by atoms with E-state index in [2.05, 4.69) is 15.4 Å². The second kappa shape index (κ2) is 10.7. The van der Waals surface area contributed by atoms with E-state index < -0.39 is 28.1 Å². The summed E-state index contributed by atoms with van der Waals surface area (Å²) in [5.74, 6) is -0.231. The van der Waals surface area contributed by atoms with Crippen LogP contribution in [-0.4, -0.2) is 53.3 Å². The molecule has 1 aromatic carbocycles. The van der Waals surface area contributed by atoms with Gasteiger partial charge in [-0.3, -0.25) is 4.79 Å². The predicted molar refractivity (Wildman–Crippen MR) is 100.0 cm³/mol. The van der Waals surface area contributed by atoms with E-state index in [9.17, 15) is 18.0 Å². The highest BCUT2D eigenvalue weighted by Gasteiger charge is 2.28. The Labute approximate surface area is 159 Å². The van der Waals surface area contributed by atoms with Crippen molar-refractivity contribution in [1.29, 1.82) is 0 Å². The molecule has 3 N–H and O–H groups in total. The number of ether oxygens (including phenoxy) is 2. The van der Waals surface area contributed by atoms with E-state index in [-0.39, 0.29) is 30.5 Å². The zero-order chi connectivity index (χ0) is 20.4. The average molecular weight is 401 g/mol. The standard InChI is InChI=1S/C17H27N3O6S/c1-5-26-17(22)19-11-10-18-16(21)15(12(2)3)20-27(23,24)14-8-6-13(25-4)7-9-14/h6-9,12,15,20H,5,10-11H2,1-4H3,(H,18,21)(H,19,22)/t15-/m0/s1. The third-order valence-electron chi connectivity index (χ3n) is 3.57. The van der Waals surface area contributed by atoms with Crippen molar-refractivity contribution in [2.75, 3.05) is 26.8 Å². The van der Waals surface area contributed by atoms with Gasteiger partial charge in [-0.05, 0) is 37.1 Å². The van der Waals surface area contributed by atoms with Gasteiger partial charge in [0.25, 0.3) is 0 Å². The largest absolute Gasteiger partial charge is 0.497 e. The van der Waals surface area contributed by atoms with Crippen molar-refractivity contribution in [2.24, 2.45) is 5.92 Å². The predicted octanol–water partition coefficient (Wildman–Crippen LogP) is 0.860. The van der Waals surface area contributed by atoms with Crippen LogP contribution >= 0.6 is 0 Å². The lowest BCUT2D eigenvalue weighted by Gasteiger charge is -2.21. The number of nitrogens with one attached hydrogen (secondary N) is 3. The van der Waals surface area contributed by atoms with Crippen molar-refractivity contribution in [3.63, 3.8) is 0 Å². The van der Waals surface area contributed by atoms with Crippen molar-refractivity contribution in [3.8, 4) is 5.75 Å². The second-order valence-corrected chi connectivity index (χ2v) is 7.67. The monoisotopic (exact) mass is 401 g/mol. The summed E-state index contributed by atoms with van der Waals surface area (Å²) in [6.45, 7) is 5.71. The fourth-order valence-corrected chi connectivity index (χ4v) is 3.47. The molecule has 0 unspecified atom stereocenters. The maximum Gasteiger partial charge on any atom is 0.407 e. The van der Waals surface area contributed by atoms with E-state index in [1.165, 1.54) is 31.4 Å². The number of sulfonamides is 1. The van der Waals surface area contributed by atoms with Gasteiger partial charge in [-0.25, -0.2) is 13.2 Å². The van der Waals surface area contributed by atoms with Gasteiger partial charge in [0, 0.05) is 13.1 Å². The van der Waals surface area contributed by atoms with Crippen LogP contribution in [0.25, 0.3) is 0 Å². The van der Waals surface area contributed by atoms with Gasteiger partial charge in [0.05, 0.1) is 18.6 Å². The third kappa shape index (κ3) is 7.43. The average Bonchev–Trinajstić information content (AvgIpc) is 2.63. The summed E-state index contributed by atoms with van der Waals surface area (Å²) in [6.07, 6.45) is -0.577. The Morgan fingerprint density at radius 3 is 2.19 bits per heavy atom. The Morgan fingerprint density at radius 1 is 1.07 bits per heavy atom. The van der Waals surface area contributed by atoms with Crippen LogP contribution in [0, 0.1) is 5.92 Å². The Bertz CT molecular complexity index is 719. The molecule has 0 fully saturated rings. The van der Waals surface area contributed by atoms with E-state index in [0.717, 1.165) is 0 Å². The molecule has 152 valence electrons. The van der Waals surface area contributed by atoms with Crippen LogP contribution in [0.1, 0.15) is 20.8 Å². The highest BCUT2D eigenvalue weighted by molar-refractivity contribution is 7.89. The molecule has 2 amide bonds. The number of carbonyl (C=O) groups is 2. The molecule has 1 aromatic rings. The van der Waals surface area contributed by atoms with Crippen LogP contribution in [-0.2, 0) is 19.6 Å². The maximum atomic E-state index is 12.5. The summed E-state index contributed by atoms with van der Waals surface area (Å²) >= 11 is 0. The van der Waals surface area contributed by atoms with E-state index in [4.69, 9.17) is 9.47 Å². The number of methoxy groups -OCH3 is 1. The fraction of sp³-hybridized carbons (Fsp3) is 0.529. The van der Waals surface area contributed by atoms with Crippen molar-refractivity contribution in [3.05, 3.63) is 24.3 Å². The van der Waals surface area contributed by atoms with Crippen LogP contribution in [0.2, 0.25) is 0 Å². The molecule has 27 heavy (non-hydrogen) atoms. The number of hydrogen-bond acceptors (Lipinski definition) is 6. The van der Waals surface area contributed by atoms with Gasteiger partial charge in [0.15, 0.2) is 0 Å². The normalized spacial score (nSPS) is 12.3.